The van der Waals surface area contributed by atoms with Crippen LogP contribution in [0.25, 0.3) is 0 Å². The van der Waals surface area contributed by atoms with Gasteiger partial charge >= 0.3 is 0 Å². The topological polar surface area (TPSA) is 74.9 Å². The third-order valence-corrected chi connectivity index (χ3v) is 4.72. The standard InChI is InChI=1S/C19H24N2O4/c1-24-16-6-4-15(5-7-16)19(23)8-10-21(11-9-19)14-18(22)20-13-17-3-2-12-25-17/h2-7,12,23H,8-11,13-14H2,1H3,(H,20,22). The van der Waals surface area contributed by atoms with Gasteiger partial charge in [0.05, 0.1) is 32.1 Å². The number of rotatable bonds is 6. The lowest BCUT2D eigenvalue weighted by atomic mass is 9.84. The molecule has 6 heteroatoms. The Morgan fingerprint density at radius 3 is 2.60 bits per heavy atom. The van der Waals surface area contributed by atoms with Crippen LogP contribution in [0.5, 0.6) is 5.75 Å². The second-order valence-corrected chi connectivity index (χ2v) is 6.39. The second-order valence-electron chi connectivity index (χ2n) is 6.39. The lowest BCUT2D eigenvalue weighted by Crippen LogP contribution is -2.46. The number of amides is 1. The van der Waals surface area contributed by atoms with Crippen LogP contribution in [0.3, 0.4) is 0 Å². The number of carbonyl (C=O) groups is 1. The number of methoxy groups -OCH3 is 1. The molecule has 1 amide bonds. The highest BCUT2D eigenvalue weighted by Gasteiger charge is 2.34. The fourth-order valence-corrected chi connectivity index (χ4v) is 3.13. The zero-order valence-corrected chi connectivity index (χ0v) is 14.4. The van der Waals surface area contributed by atoms with Crippen molar-refractivity contribution in [2.75, 3.05) is 26.7 Å². The number of nitrogens with one attached hydrogen (secondary N) is 1. The van der Waals surface area contributed by atoms with E-state index in [0.717, 1.165) is 17.1 Å². The molecular formula is C19H24N2O4. The molecule has 1 aromatic carbocycles. The Morgan fingerprint density at radius 1 is 1.28 bits per heavy atom. The van der Waals surface area contributed by atoms with E-state index in [1.165, 1.54) is 0 Å². The van der Waals surface area contributed by atoms with Crippen LogP contribution in [0.15, 0.2) is 47.1 Å². The number of nitrogens with zero attached hydrogens (tertiary/aromatic N) is 1. The van der Waals surface area contributed by atoms with Gasteiger partial charge in [-0.1, -0.05) is 12.1 Å². The fraction of sp³-hybridized carbons (Fsp3) is 0.421. The fourth-order valence-electron chi connectivity index (χ4n) is 3.13. The number of furan rings is 1. The van der Waals surface area contributed by atoms with Crippen molar-refractivity contribution in [2.24, 2.45) is 0 Å². The molecule has 0 spiro atoms. The first-order valence-corrected chi connectivity index (χ1v) is 8.47. The van der Waals surface area contributed by atoms with E-state index in [-0.39, 0.29) is 5.91 Å². The molecule has 0 unspecified atom stereocenters. The Labute approximate surface area is 147 Å². The molecule has 0 bridgehead atoms. The quantitative estimate of drug-likeness (QED) is 0.837. The van der Waals surface area contributed by atoms with E-state index in [0.29, 0.717) is 39.0 Å². The number of benzene rings is 1. The third-order valence-electron chi connectivity index (χ3n) is 4.72. The number of hydrogen-bond donors (Lipinski definition) is 2. The van der Waals surface area contributed by atoms with Crippen LogP contribution < -0.4 is 10.1 Å². The summed E-state index contributed by atoms with van der Waals surface area (Å²) in [6.07, 6.45) is 2.79. The highest BCUT2D eigenvalue weighted by Crippen LogP contribution is 2.33. The molecular weight excluding hydrogens is 320 g/mol. The van der Waals surface area contributed by atoms with Crippen molar-refractivity contribution in [2.45, 2.75) is 25.0 Å². The molecule has 2 heterocycles. The van der Waals surface area contributed by atoms with Crippen molar-refractivity contribution in [1.29, 1.82) is 0 Å². The van der Waals surface area contributed by atoms with Gasteiger partial charge in [-0.3, -0.25) is 9.69 Å². The van der Waals surface area contributed by atoms with Crippen LogP contribution in [0.1, 0.15) is 24.2 Å². The number of ether oxygens (including phenoxy) is 1. The van der Waals surface area contributed by atoms with Crippen molar-refractivity contribution in [3.8, 4) is 5.75 Å². The van der Waals surface area contributed by atoms with Crippen LogP contribution >= 0.6 is 0 Å². The monoisotopic (exact) mass is 344 g/mol. The molecule has 134 valence electrons. The first kappa shape index (κ1) is 17.5. The summed E-state index contributed by atoms with van der Waals surface area (Å²) in [5.74, 6) is 1.48. The maximum Gasteiger partial charge on any atom is 0.234 e. The lowest BCUT2D eigenvalue weighted by molar-refractivity contribution is -0.123. The summed E-state index contributed by atoms with van der Waals surface area (Å²) in [5, 5.41) is 13.8. The minimum absolute atomic E-state index is 0.0358. The zero-order valence-electron chi connectivity index (χ0n) is 14.4. The van der Waals surface area contributed by atoms with Crippen LogP contribution in [-0.4, -0.2) is 42.7 Å². The Hall–Kier alpha value is -2.31. The maximum absolute atomic E-state index is 12.0. The molecule has 1 aromatic heterocycles. The van der Waals surface area contributed by atoms with E-state index in [4.69, 9.17) is 9.15 Å². The van der Waals surface area contributed by atoms with Gasteiger partial charge < -0.3 is 19.6 Å². The summed E-state index contributed by atoms with van der Waals surface area (Å²) in [6, 6.07) is 11.2. The summed E-state index contributed by atoms with van der Waals surface area (Å²) in [6.45, 7) is 2.09. The van der Waals surface area contributed by atoms with Gasteiger partial charge in [0, 0.05) is 13.1 Å². The first-order valence-electron chi connectivity index (χ1n) is 8.47. The van der Waals surface area contributed by atoms with Gasteiger partial charge in [-0.25, -0.2) is 0 Å². The SMILES string of the molecule is COc1ccc(C2(O)CCN(CC(=O)NCc3ccco3)CC2)cc1. The average molecular weight is 344 g/mol. The molecule has 0 aliphatic carbocycles. The van der Waals surface area contributed by atoms with Gasteiger partial charge in [0.25, 0.3) is 0 Å². The molecule has 2 N–H and O–H groups in total. The highest BCUT2D eigenvalue weighted by molar-refractivity contribution is 5.77. The largest absolute Gasteiger partial charge is 0.497 e. The Morgan fingerprint density at radius 2 is 2.00 bits per heavy atom. The average Bonchev–Trinajstić information content (AvgIpc) is 3.16. The number of hydrogen-bond acceptors (Lipinski definition) is 5. The van der Waals surface area contributed by atoms with Gasteiger partial charge in [0.15, 0.2) is 0 Å². The zero-order chi connectivity index (χ0) is 17.7. The van der Waals surface area contributed by atoms with E-state index in [2.05, 4.69) is 10.2 Å². The molecule has 3 rings (SSSR count). The molecule has 1 aliphatic rings. The minimum Gasteiger partial charge on any atom is -0.497 e. The summed E-state index contributed by atoms with van der Waals surface area (Å²) >= 11 is 0. The summed E-state index contributed by atoms with van der Waals surface area (Å²) in [5.41, 5.74) is 0.0585. The minimum atomic E-state index is -0.840. The molecule has 0 atom stereocenters. The predicted molar refractivity (Wildman–Crippen MR) is 93.1 cm³/mol. The third kappa shape index (κ3) is 4.41. The number of aliphatic hydroxyl groups is 1. The van der Waals surface area contributed by atoms with Crippen molar-refractivity contribution in [3.05, 3.63) is 54.0 Å². The van der Waals surface area contributed by atoms with Crippen LogP contribution in [0.2, 0.25) is 0 Å². The van der Waals surface area contributed by atoms with Crippen molar-refractivity contribution in [3.63, 3.8) is 0 Å². The molecule has 0 saturated carbocycles. The van der Waals surface area contributed by atoms with E-state index >= 15 is 0 Å². The number of carbonyl (C=O) groups excluding carboxylic acids is 1. The summed E-state index contributed by atoms with van der Waals surface area (Å²) in [7, 11) is 1.62. The van der Waals surface area contributed by atoms with Gasteiger partial charge in [-0.2, -0.15) is 0 Å². The van der Waals surface area contributed by atoms with Gasteiger partial charge in [-0.15, -0.1) is 0 Å². The smallest absolute Gasteiger partial charge is 0.234 e. The van der Waals surface area contributed by atoms with E-state index in [9.17, 15) is 9.90 Å². The molecule has 1 fully saturated rings. The van der Waals surface area contributed by atoms with Gasteiger partial charge in [0.1, 0.15) is 11.5 Å². The molecule has 25 heavy (non-hydrogen) atoms. The van der Waals surface area contributed by atoms with Crippen LogP contribution in [0.4, 0.5) is 0 Å². The van der Waals surface area contributed by atoms with Gasteiger partial charge in [-0.05, 0) is 42.7 Å². The molecule has 1 aliphatic heterocycles. The van der Waals surface area contributed by atoms with Crippen LogP contribution in [-0.2, 0) is 16.9 Å². The first-order chi connectivity index (χ1) is 12.1. The van der Waals surface area contributed by atoms with Crippen LogP contribution in [0, 0.1) is 0 Å². The molecule has 2 aromatic rings. The normalized spacial score (nSPS) is 17.2. The summed E-state index contributed by atoms with van der Waals surface area (Å²) in [4.78, 5) is 14.1. The van der Waals surface area contributed by atoms with Gasteiger partial charge in [0.2, 0.25) is 5.91 Å². The number of likely N-dealkylation sites (tertiary alicyclic amines) is 1. The second kappa shape index (κ2) is 7.72. The lowest BCUT2D eigenvalue weighted by Gasteiger charge is -2.38. The maximum atomic E-state index is 12.0. The van der Waals surface area contributed by atoms with E-state index in [1.54, 1.807) is 19.4 Å². The Balaban J connectivity index is 1.48. The van der Waals surface area contributed by atoms with E-state index < -0.39 is 5.60 Å². The Bertz CT molecular complexity index is 674. The number of piperidine rings is 1. The Kier molecular flexibility index (Phi) is 5.40. The van der Waals surface area contributed by atoms with Crippen molar-refractivity contribution < 1.29 is 19.1 Å². The molecule has 6 nitrogen and oxygen atoms in total. The van der Waals surface area contributed by atoms with Crippen molar-refractivity contribution >= 4 is 5.91 Å². The summed E-state index contributed by atoms with van der Waals surface area (Å²) < 4.78 is 10.4. The molecule has 1 saturated heterocycles. The highest BCUT2D eigenvalue weighted by atomic mass is 16.5. The predicted octanol–water partition coefficient (Wildman–Crippen LogP) is 1.89. The molecule has 0 radical (unpaired) electrons. The van der Waals surface area contributed by atoms with E-state index in [1.807, 2.05) is 30.3 Å². The van der Waals surface area contributed by atoms with Crippen molar-refractivity contribution in [1.82, 2.24) is 10.2 Å².